The molecule has 0 unspecified atom stereocenters. The summed E-state index contributed by atoms with van der Waals surface area (Å²) < 4.78 is 5.55. The van der Waals surface area contributed by atoms with Crippen molar-refractivity contribution in [1.29, 1.82) is 0 Å². The molecule has 1 aromatic carbocycles. The molecular formula is C12H15NO. The van der Waals surface area contributed by atoms with Crippen LogP contribution in [0.2, 0.25) is 0 Å². The minimum Gasteiger partial charge on any atom is -0.487 e. The quantitative estimate of drug-likeness (QED) is 0.719. The Bertz CT molecular complexity index is 331. The van der Waals surface area contributed by atoms with Crippen LogP contribution >= 0.6 is 0 Å². The van der Waals surface area contributed by atoms with Crippen LogP contribution in [-0.4, -0.2) is 13.7 Å². The van der Waals surface area contributed by atoms with Gasteiger partial charge in [0, 0.05) is 7.05 Å². The van der Waals surface area contributed by atoms with E-state index in [4.69, 9.17) is 4.74 Å². The molecule has 0 atom stereocenters. The summed E-state index contributed by atoms with van der Waals surface area (Å²) in [5.41, 5.74) is 1.85. The molecule has 1 rings (SSSR count). The van der Waals surface area contributed by atoms with Gasteiger partial charge in [-0.05, 0) is 17.7 Å². The lowest BCUT2D eigenvalue weighted by Gasteiger charge is -2.10. The van der Waals surface area contributed by atoms with Gasteiger partial charge in [0.2, 0.25) is 0 Å². The topological polar surface area (TPSA) is 21.3 Å². The van der Waals surface area contributed by atoms with E-state index < -0.39 is 0 Å². The van der Waals surface area contributed by atoms with E-state index in [0.717, 1.165) is 17.0 Å². The number of rotatable bonds is 5. The molecule has 1 aromatic rings. The summed E-state index contributed by atoms with van der Waals surface area (Å²) in [5.74, 6) is 0.831. The molecule has 0 radical (unpaired) electrons. The van der Waals surface area contributed by atoms with Gasteiger partial charge < -0.3 is 10.1 Å². The second-order valence-corrected chi connectivity index (χ2v) is 2.90. The predicted molar refractivity (Wildman–Crippen MR) is 60.8 cm³/mol. The molecule has 0 spiro atoms. The normalized spacial score (nSPS) is 9.21. The molecule has 14 heavy (non-hydrogen) atoms. The first-order valence-electron chi connectivity index (χ1n) is 4.47. The largest absolute Gasteiger partial charge is 0.487 e. The number of ether oxygens (including phenoxy) is 1. The minimum absolute atomic E-state index is 0.474. The lowest BCUT2D eigenvalue weighted by molar-refractivity contribution is 0.358. The van der Waals surface area contributed by atoms with E-state index in [0.29, 0.717) is 6.61 Å². The Morgan fingerprint density at radius 1 is 1.50 bits per heavy atom. The fraction of sp³-hybridized carbons (Fsp3) is 0.167. The van der Waals surface area contributed by atoms with E-state index in [9.17, 15) is 0 Å². The second-order valence-electron chi connectivity index (χ2n) is 2.90. The average molecular weight is 189 g/mol. The summed E-state index contributed by atoms with van der Waals surface area (Å²) in [5, 5.41) is 3.06. The number of hydrogen-bond donors (Lipinski definition) is 1. The van der Waals surface area contributed by atoms with Gasteiger partial charge in [-0.1, -0.05) is 31.4 Å². The molecule has 0 saturated heterocycles. The second kappa shape index (κ2) is 5.12. The summed E-state index contributed by atoms with van der Waals surface area (Å²) in [7, 11) is 1.87. The number of benzene rings is 1. The van der Waals surface area contributed by atoms with Gasteiger partial charge in [0.1, 0.15) is 12.4 Å². The Kier molecular flexibility index (Phi) is 3.80. The molecule has 0 aliphatic rings. The molecule has 0 heterocycles. The van der Waals surface area contributed by atoms with E-state index in [2.05, 4.69) is 18.5 Å². The summed E-state index contributed by atoms with van der Waals surface area (Å²) in [6, 6.07) is 7.78. The van der Waals surface area contributed by atoms with Gasteiger partial charge in [0.05, 0.1) is 5.69 Å². The third kappa shape index (κ3) is 2.66. The maximum absolute atomic E-state index is 5.55. The van der Waals surface area contributed by atoms with E-state index in [1.807, 2.05) is 31.3 Å². The highest BCUT2D eigenvalue weighted by molar-refractivity contribution is 5.55. The Labute approximate surface area is 84.9 Å². The van der Waals surface area contributed by atoms with Crippen LogP contribution in [0.25, 0.3) is 0 Å². The molecule has 0 fully saturated rings. The fourth-order valence-electron chi connectivity index (χ4n) is 1.03. The molecular weight excluding hydrogens is 174 g/mol. The highest BCUT2D eigenvalue weighted by Crippen LogP contribution is 2.23. The SMILES string of the molecule is C=CC(=C)COc1ccccc1NC. The zero-order chi connectivity index (χ0) is 10.4. The third-order valence-corrected chi connectivity index (χ3v) is 1.86. The maximum atomic E-state index is 5.55. The number of anilines is 1. The van der Waals surface area contributed by atoms with E-state index in [1.54, 1.807) is 6.08 Å². The first-order valence-corrected chi connectivity index (χ1v) is 4.47. The van der Waals surface area contributed by atoms with Gasteiger partial charge in [0.15, 0.2) is 0 Å². The van der Waals surface area contributed by atoms with Gasteiger partial charge in [-0.2, -0.15) is 0 Å². The number of hydrogen-bond acceptors (Lipinski definition) is 2. The molecule has 0 saturated carbocycles. The van der Waals surface area contributed by atoms with Crippen LogP contribution in [0.1, 0.15) is 0 Å². The monoisotopic (exact) mass is 189 g/mol. The predicted octanol–water partition coefficient (Wildman–Crippen LogP) is 2.85. The lowest BCUT2D eigenvalue weighted by atomic mass is 10.3. The van der Waals surface area contributed by atoms with Crippen LogP contribution in [0, 0.1) is 0 Å². The van der Waals surface area contributed by atoms with Crippen LogP contribution in [0.3, 0.4) is 0 Å². The van der Waals surface area contributed by atoms with E-state index >= 15 is 0 Å². The highest BCUT2D eigenvalue weighted by atomic mass is 16.5. The zero-order valence-electron chi connectivity index (χ0n) is 8.42. The van der Waals surface area contributed by atoms with Crippen molar-refractivity contribution in [2.75, 3.05) is 19.0 Å². The summed E-state index contributed by atoms with van der Waals surface area (Å²) in [6.45, 7) is 7.87. The third-order valence-electron chi connectivity index (χ3n) is 1.86. The Morgan fingerprint density at radius 2 is 2.21 bits per heavy atom. The van der Waals surface area contributed by atoms with Gasteiger partial charge in [0.25, 0.3) is 0 Å². The molecule has 2 nitrogen and oxygen atoms in total. The van der Waals surface area contributed by atoms with E-state index in [1.165, 1.54) is 0 Å². The molecule has 1 N–H and O–H groups in total. The van der Waals surface area contributed by atoms with Crippen LogP contribution < -0.4 is 10.1 Å². The maximum Gasteiger partial charge on any atom is 0.142 e. The van der Waals surface area contributed by atoms with Gasteiger partial charge in [-0.3, -0.25) is 0 Å². The van der Waals surface area contributed by atoms with Crippen molar-refractivity contribution in [3.05, 3.63) is 49.1 Å². The molecule has 0 aliphatic carbocycles. The number of para-hydroxylation sites is 2. The smallest absolute Gasteiger partial charge is 0.142 e. The first-order chi connectivity index (χ1) is 6.77. The molecule has 74 valence electrons. The standard InChI is InChI=1S/C12H15NO/c1-4-10(2)9-14-12-8-6-5-7-11(12)13-3/h4-8,13H,1-2,9H2,3H3. The van der Waals surface area contributed by atoms with Crippen molar-refractivity contribution < 1.29 is 4.74 Å². The zero-order valence-corrected chi connectivity index (χ0v) is 8.42. The average Bonchev–Trinajstić information content (AvgIpc) is 2.26. The first kappa shape index (κ1) is 10.4. The van der Waals surface area contributed by atoms with Crippen molar-refractivity contribution >= 4 is 5.69 Å². The molecule has 0 amide bonds. The Hall–Kier alpha value is -1.70. The Balaban J connectivity index is 2.66. The molecule has 0 aromatic heterocycles. The Morgan fingerprint density at radius 3 is 2.86 bits per heavy atom. The molecule has 0 bridgehead atoms. The van der Waals surface area contributed by atoms with Crippen LogP contribution in [0.5, 0.6) is 5.75 Å². The lowest BCUT2D eigenvalue weighted by Crippen LogP contribution is -2.01. The highest BCUT2D eigenvalue weighted by Gasteiger charge is 1.99. The van der Waals surface area contributed by atoms with Gasteiger partial charge in [-0.25, -0.2) is 0 Å². The van der Waals surface area contributed by atoms with Crippen molar-refractivity contribution in [3.63, 3.8) is 0 Å². The molecule has 2 heteroatoms. The minimum atomic E-state index is 0.474. The van der Waals surface area contributed by atoms with Crippen molar-refractivity contribution in [1.82, 2.24) is 0 Å². The van der Waals surface area contributed by atoms with Crippen LogP contribution in [0.4, 0.5) is 5.69 Å². The fourth-order valence-corrected chi connectivity index (χ4v) is 1.03. The van der Waals surface area contributed by atoms with Crippen molar-refractivity contribution in [3.8, 4) is 5.75 Å². The van der Waals surface area contributed by atoms with Crippen molar-refractivity contribution in [2.24, 2.45) is 0 Å². The van der Waals surface area contributed by atoms with Crippen LogP contribution in [-0.2, 0) is 0 Å². The van der Waals surface area contributed by atoms with Gasteiger partial charge in [-0.15, -0.1) is 0 Å². The van der Waals surface area contributed by atoms with Crippen molar-refractivity contribution in [2.45, 2.75) is 0 Å². The van der Waals surface area contributed by atoms with Crippen LogP contribution in [0.15, 0.2) is 49.1 Å². The summed E-state index contributed by atoms with van der Waals surface area (Å²) in [6.07, 6.45) is 1.70. The summed E-state index contributed by atoms with van der Waals surface area (Å²) in [4.78, 5) is 0. The molecule has 0 aliphatic heterocycles. The van der Waals surface area contributed by atoms with Gasteiger partial charge >= 0.3 is 0 Å². The van der Waals surface area contributed by atoms with E-state index in [-0.39, 0.29) is 0 Å². The number of nitrogens with one attached hydrogen (secondary N) is 1. The summed E-state index contributed by atoms with van der Waals surface area (Å²) >= 11 is 0.